The van der Waals surface area contributed by atoms with E-state index < -0.39 is 5.54 Å². The largest absolute Gasteiger partial charge is 0.489 e. The predicted octanol–water partition coefficient (Wildman–Crippen LogP) is 3.82. The van der Waals surface area contributed by atoms with Crippen LogP contribution in [0.15, 0.2) is 54.6 Å². The Morgan fingerprint density at radius 3 is 2.17 bits per heavy atom. The number of hydroxylamine groups is 2. The van der Waals surface area contributed by atoms with Gasteiger partial charge in [0.1, 0.15) is 12.4 Å². The third kappa shape index (κ3) is 5.11. The van der Waals surface area contributed by atoms with Crippen molar-refractivity contribution in [1.29, 1.82) is 0 Å². The van der Waals surface area contributed by atoms with Crippen LogP contribution in [0.2, 0.25) is 0 Å². The fraction of sp³-hybridized carbons (Fsp3) is 0.316. The minimum atomic E-state index is -0.601. The van der Waals surface area contributed by atoms with Crippen LogP contribution in [0.5, 0.6) is 5.75 Å². The fourth-order valence-corrected chi connectivity index (χ4v) is 2.07. The second-order valence-corrected chi connectivity index (χ2v) is 6.47. The van der Waals surface area contributed by atoms with Gasteiger partial charge in [0.05, 0.1) is 12.0 Å². The van der Waals surface area contributed by atoms with Crippen molar-refractivity contribution >= 4 is 5.91 Å². The topological polar surface area (TPSA) is 49.8 Å². The first-order chi connectivity index (χ1) is 10.9. The predicted molar refractivity (Wildman–Crippen MR) is 89.3 cm³/mol. The number of carbonyl (C=O) groups excluding carboxylic acids is 1. The third-order valence-electron chi connectivity index (χ3n) is 3.40. The van der Waals surface area contributed by atoms with Crippen LogP contribution in [0.25, 0.3) is 0 Å². The summed E-state index contributed by atoms with van der Waals surface area (Å²) in [5.74, 6) is 0.428. The first-order valence-electron chi connectivity index (χ1n) is 7.64. The van der Waals surface area contributed by atoms with E-state index in [-0.39, 0.29) is 12.3 Å². The Labute approximate surface area is 137 Å². The van der Waals surface area contributed by atoms with Crippen molar-refractivity contribution in [2.75, 3.05) is 0 Å². The fourth-order valence-electron chi connectivity index (χ4n) is 2.07. The molecule has 2 aromatic carbocycles. The van der Waals surface area contributed by atoms with Crippen LogP contribution in [0.1, 0.15) is 31.9 Å². The molecule has 0 unspecified atom stereocenters. The first kappa shape index (κ1) is 17.0. The summed E-state index contributed by atoms with van der Waals surface area (Å²) in [4.78, 5) is 12.0. The highest BCUT2D eigenvalue weighted by Crippen LogP contribution is 2.17. The number of nitrogens with zero attached hydrogens (tertiary/aromatic N) is 1. The average Bonchev–Trinajstić information content (AvgIpc) is 2.53. The average molecular weight is 313 g/mol. The van der Waals surface area contributed by atoms with Gasteiger partial charge < -0.3 is 4.74 Å². The molecule has 2 aromatic rings. The number of hydrogen-bond acceptors (Lipinski definition) is 3. The van der Waals surface area contributed by atoms with Crippen LogP contribution in [0.4, 0.5) is 0 Å². The number of amides is 1. The summed E-state index contributed by atoms with van der Waals surface area (Å²) < 4.78 is 5.71. The molecule has 0 saturated carbocycles. The smallest absolute Gasteiger partial charge is 0.250 e. The van der Waals surface area contributed by atoms with E-state index in [9.17, 15) is 10.0 Å². The molecule has 2 rings (SSSR count). The first-order valence-corrected chi connectivity index (χ1v) is 7.64. The molecule has 0 atom stereocenters. The van der Waals surface area contributed by atoms with Gasteiger partial charge >= 0.3 is 0 Å². The molecule has 122 valence electrons. The highest BCUT2D eigenvalue weighted by molar-refractivity contribution is 5.78. The summed E-state index contributed by atoms with van der Waals surface area (Å²) in [5, 5.41) is 10.6. The maximum absolute atomic E-state index is 12.0. The quantitative estimate of drug-likeness (QED) is 0.674. The van der Waals surface area contributed by atoms with E-state index in [4.69, 9.17) is 4.74 Å². The van der Waals surface area contributed by atoms with Gasteiger partial charge in [0.15, 0.2) is 0 Å². The number of benzene rings is 2. The van der Waals surface area contributed by atoms with E-state index in [1.807, 2.05) is 54.6 Å². The van der Waals surface area contributed by atoms with Gasteiger partial charge in [-0.25, -0.2) is 5.06 Å². The number of rotatable bonds is 5. The summed E-state index contributed by atoms with van der Waals surface area (Å²) in [7, 11) is 0. The van der Waals surface area contributed by atoms with Crippen molar-refractivity contribution in [3.8, 4) is 5.75 Å². The normalized spacial score (nSPS) is 11.1. The maximum Gasteiger partial charge on any atom is 0.250 e. The Morgan fingerprint density at radius 1 is 1.00 bits per heavy atom. The van der Waals surface area contributed by atoms with Gasteiger partial charge in [0, 0.05) is 0 Å². The number of ether oxygens (including phenoxy) is 1. The summed E-state index contributed by atoms with van der Waals surface area (Å²) in [6.45, 7) is 5.86. The van der Waals surface area contributed by atoms with E-state index in [1.165, 1.54) is 0 Å². The lowest BCUT2D eigenvalue weighted by Gasteiger charge is -2.29. The molecule has 4 heteroatoms. The summed E-state index contributed by atoms with van der Waals surface area (Å²) in [5.41, 5.74) is 1.34. The van der Waals surface area contributed by atoms with Crippen LogP contribution < -0.4 is 4.74 Å². The van der Waals surface area contributed by atoms with E-state index in [2.05, 4.69) is 0 Å². The van der Waals surface area contributed by atoms with Crippen molar-refractivity contribution in [3.63, 3.8) is 0 Å². The summed E-state index contributed by atoms with van der Waals surface area (Å²) >= 11 is 0. The molecule has 23 heavy (non-hydrogen) atoms. The molecule has 0 fully saturated rings. The molecule has 1 amide bonds. The van der Waals surface area contributed by atoms with E-state index in [0.29, 0.717) is 6.61 Å². The minimum absolute atomic E-state index is 0.159. The van der Waals surface area contributed by atoms with E-state index in [0.717, 1.165) is 21.9 Å². The summed E-state index contributed by atoms with van der Waals surface area (Å²) in [6.07, 6.45) is 0.159. The second-order valence-electron chi connectivity index (χ2n) is 6.47. The lowest BCUT2D eigenvalue weighted by atomic mass is 10.1. The Balaban J connectivity index is 1.91. The number of hydrogen-bond donors (Lipinski definition) is 1. The zero-order valence-electron chi connectivity index (χ0n) is 13.8. The molecule has 0 aliphatic heterocycles. The lowest BCUT2D eigenvalue weighted by molar-refractivity contribution is -0.186. The Bertz CT molecular complexity index is 630. The molecule has 0 heterocycles. The van der Waals surface area contributed by atoms with E-state index >= 15 is 0 Å². The monoisotopic (exact) mass is 313 g/mol. The molecule has 0 aliphatic rings. The second kappa shape index (κ2) is 7.29. The van der Waals surface area contributed by atoms with Crippen LogP contribution in [-0.4, -0.2) is 21.7 Å². The minimum Gasteiger partial charge on any atom is -0.489 e. The Kier molecular flexibility index (Phi) is 5.40. The maximum atomic E-state index is 12.0. The Morgan fingerprint density at radius 2 is 1.61 bits per heavy atom. The molecular weight excluding hydrogens is 290 g/mol. The zero-order chi connectivity index (χ0) is 16.9. The van der Waals surface area contributed by atoms with Gasteiger partial charge in [0.2, 0.25) is 0 Å². The van der Waals surface area contributed by atoms with Gasteiger partial charge in [-0.15, -0.1) is 0 Å². The van der Waals surface area contributed by atoms with Crippen molar-refractivity contribution in [1.82, 2.24) is 5.06 Å². The molecule has 4 nitrogen and oxygen atoms in total. The van der Waals surface area contributed by atoms with Gasteiger partial charge in [-0.1, -0.05) is 42.5 Å². The molecule has 0 aromatic heterocycles. The molecular formula is C19H23NO3. The van der Waals surface area contributed by atoms with Crippen molar-refractivity contribution in [3.05, 3.63) is 65.7 Å². The van der Waals surface area contributed by atoms with Gasteiger partial charge in [0.25, 0.3) is 5.91 Å². The molecule has 0 radical (unpaired) electrons. The molecule has 0 aliphatic carbocycles. The van der Waals surface area contributed by atoms with Crippen LogP contribution >= 0.6 is 0 Å². The highest BCUT2D eigenvalue weighted by atomic mass is 16.5. The van der Waals surface area contributed by atoms with Crippen molar-refractivity contribution in [2.24, 2.45) is 0 Å². The summed E-state index contributed by atoms with van der Waals surface area (Å²) in [6, 6.07) is 17.3. The molecule has 0 saturated heterocycles. The SMILES string of the molecule is CC(C)(C)N(O)C(=O)Cc1ccc(OCc2ccccc2)cc1. The highest BCUT2D eigenvalue weighted by Gasteiger charge is 2.24. The van der Waals surface area contributed by atoms with Gasteiger partial charge in [-0.05, 0) is 44.0 Å². The van der Waals surface area contributed by atoms with Gasteiger partial charge in [-0.2, -0.15) is 0 Å². The van der Waals surface area contributed by atoms with Crippen molar-refractivity contribution < 1.29 is 14.7 Å². The van der Waals surface area contributed by atoms with Crippen LogP contribution in [-0.2, 0) is 17.8 Å². The number of carbonyl (C=O) groups is 1. The van der Waals surface area contributed by atoms with Crippen LogP contribution in [0, 0.1) is 0 Å². The van der Waals surface area contributed by atoms with Gasteiger partial charge in [-0.3, -0.25) is 10.0 Å². The molecule has 0 bridgehead atoms. The lowest BCUT2D eigenvalue weighted by Crippen LogP contribution is -2.43. The zero-order valence-corrected chi connectivity index (χ0v) is 13.8. The molecule has 0 spiro atoms. The third-order valence-corrected chi connectivity index (χ3v) is 3.40. The molecule has 1 N–H and O–H groups in total. The van der Waals surface area contributed by atoms with Crippen LogP contribution in [0.3, 0.4) is 0 Å². The van der Waals surface area contributed by atoms with E-state index in [1.54, 1.807) is 20.8 Å². The standard InChI is InChI=1S/C19H23NO3/c1-19(2,3)20(22)18(21)13-15-9-11-17(12-10-15)23-14-16-7-5-4-6-8-16/h4-12,22H,13-14H2,1-3H3. The Hall–Kier alpha value is -2.33. The van der Waals surface area contributed by atoms with Crippen molar-refractivity contribution in [2.45, 2.75) is 39.3 Å².